The Hall–Kier alpha value is -1.30. The SMILES string of the molecule is COCCn1cccc1C(=O)Nc1cc(Cl)c(C)cc1Br. The zero-order valence-electron chi connectivity index (χ0n) is 11.8. The molecule has 0 aliphatic rings. The minimum absolute atomic E-state index is 0.184. The second-order valence-corrected chi connectivity index (χ2v) is 5.88. The molecule has 0 aliphatic carbocycles. The number of methoxy groups -OCH3 is 1. The van der Waals surface area contributed by atoms with Crippen LogP contribution in [0.3, 0.4) is 0 Å². The molecule has 0 saturated heterocycles. The fourth-order valence-electron chi connectivity index (χ4n) is 1.93. The van der Waals surface area contributed by atoms with E-state index in [0.29, 0.717) is 29.6 Å². The number of aromatic nitrogens is 1. The molecule has 6 heteroatoms. The summed E-state index contributed by atoms with van der Waals surface area (Å²) in [6.07, 6.45) is 1.85. The van der Waals surface area contributed by atoms with Crippen molar-refractivity contribution in [2.45, 2.75) is 13.5 Å². The van der Waals surface area contributed by atoms with E-state index in [1.54, 1.807) is 19.2 Å². The van der Waals surface area contributed by atoms with Gasteiger partial charge in [0.2, 0.25) is 0 Å². The number of nitrogens with one attached hydrogen (secondary N) is 1. The lowest BCUT2D eigenvalue weighted by Gasteiger charge is -2.11. The second-order valence-electron chi connectivity index (χ2n) is 4.61. The van der Waals surface area contributed by atoms with Crippen LogP contribution in [0.25, 0.3) is 0 Å². The number of anilines is 1. The fraction of sp³-hybridized carbons (Fsp3) is 0.267. The summed E-state index contributed by atoms with van der Waals surface area (Å²) in [4.78, 5) is 12.4. The van der Waals surface area contributed by atoms with E-state index in [-0.39, 0.29) is 5.91 Å². The maximum atomic E-state index is 12.4. The highest BCUT2D eigenvalue weighted by Crippen LogP contribution is 2.29. The van der Waals surface area contributed by atoms with Crippen LogP contribution in [0, 0.1) is 6.92 Å². The number of halogens is 2. The minimum Gasteiger partial charge on any atom is -0.383 e. The first-order chi connectivity index (χ1) is 10.0. The summed E-state index contributed by atoms with van der Waals surface area (Å²) in [7, 11) is 1.63. The average molecular weight is 372 g/mol. The third-order valence-electron chi connectivity index (χ3n) is 3.09. The first-order valence-electron chi connectivity index (χ1n) is 6.44. The van der Waals surface area contributed by atoms with Crippen molar-refractivity contribution in [2.24, 2.45) is 0 Å². The summed E-state index contributed by atoms with van der Waals surface area (Å²) in [5.74, 6) is -0.184. The Morgan fingerprint density at radius 3 is 2.95 bits per heavy atom. The van der Waals surface area contributed by atoms with Crippen molar-refractivity contribution in [1.29, 1.82) is 0 Å². The van der Waals surface area contributed by atoms with Gasteiger partial charge in [-0.1, -0.05) is 11.6 Å². The molecule has 0 spiro atoms. The third-order valence-corrected chi connectivity index (χ3v) is 4.16. The van der Waals surface area contributed by atoms with Gasteiger partial charge in [-0.15, -0.1) is 0 Å². The van der Waals surface area contributed by atoms with E-state index in [9.17, 15) is 4.79 Å². The molecule has 0 bridgehead atoms. The largest absolute Gasteiger partial charge is 0.383 e. The molecule has 4 nitrogen and oxygen atoms in total. The van der Waals surface area contributed by atoms with Crippen LogP contribution in [0.15, 0.2) is 34.9 Å². The molecule has 21 heavy (non-hydrogen) atoms. The maximum absolute atomic E-state index is 12.4. The van der Waals surface area contributed by atoms with Crippen LogP contribution in [0.1, 0.15) is 16.1 Å². The number of hydrogen-bond donors (Lipinski definition) is 1. The first kappa shape index (κ1) is 16.1. The molecule has 1 amide bonds. The van der Waals surface area contributed by atoms with Crippen molar-refractivity contribution >= 4 is 39.1 Å². The number of hydrogen-bond acceptors (Lipinski definition) is 2. The van der Waals surface area contributed by atoms with Crippen molar-refractivity contribution in [1.82, 2.24) is 4.57 Å². The lowest BCUT2D eigenvalue weighted by Crippen LogP contribution is -2.18. The molecule has 0 saturated carbocycles. The topological polar surface area (TPSA) is 43.3 Å². The van der Waals surface area contributed by atoms with E-state index < -0.39 is 0 Å². The zero-order valence-corrected chi connectivity index (χ0v) is 14.2. The molecule has 1 N–H and O–H groups in total. The van der Waals surface area contributed by atoms with Crippen molar-refractivity contribution in [3.8, 4) is 0 Å². The van der Waals surface area contributed by atoms with Crippen molar-refractivity contribution in [3.63, 3.8) is 0 Å². The van der Waals surface area contributed by atoms with Gasteiger partial charge in [0.25, 0.3) is 5.91 Å². The van der Waals surface area contributed by atoms with Crippen LogP contribution in [-0.4, -0.2) is 24.2 Å². The van der Waals surface area contributed by atoms with Crippen LogP contribution in [0.5, 0.6) is 0 Å². The molecule has 2 rings (SSSR count). The third kappa shape index (κ3) is 3.87. The standard InChI is InChI=1S/C15H16BrClN2O2/c1-10-8-11(16)13(9-12(10)17)18-15(20)14-4-3-5-19(14)6-7-21-2/h3-5,8-9H,6-7H2,1-2H3,(H,18,20). The summed E-state index contributed by atoms with van der Waals surface area (Å²) >= 11 is 9.53. The predicted molar refractivity (Wildman–Crippen MR) is 88.2 cm³/mol. The second kappa shape index (κ2) is 7.11. The van der Waals surface area contributed by atoms with Gasteiger partial charge in [0.15, 0.2) is 0 Å². The van der Waals surface area contributed by atoms with Crippen LogP contribution in [0.2, 0.25) is 5.02 Å². The summed E-state index contributed by atoms with van der Waals surface area (Å²) < 4.78 is 7.69. The highest BCUT2D eigenvalue weighted by atomic mass is 79.9. The molecule has 1 aromatic carbocycles. The van der Waals surface area contributed by atoms with Crippen molar-refractivity contribution < 1.29 is 9.53 Å². The van der Waals surface area contributed by atoms with Gasteiger partial charge in [0, 0.05) is 29.3 Å². The number of ether oxygens (including phenoxy) is 1. The van der Waals surface area contributed by atoms with E-state index in [4.69, 9.17) is 16.3 Å². The van der Waals surface area contributed by atoms with Gasteiger partial charge >= 0.3 is 0 Å². The molecule has 1 heterocycles. The Morgan fingerprint density at radius 2 is 2.24 bits per heavy atom. The van der Waals surface area contributed by atoms with Crippen molar-refractivity contribution in [3.05, 3.63) is 51.2 Å². The normalized spacial score (nSPS) is 10.7. The van der Waals surface area contributed by atoms with Crippen LogP contribution >= 0.6 is 27.5 Å². The summed E-state index contributed by atoms with van der Waals surface area (Å²) in [6.45, 7) is 3.09. The zero-order chi connectivity index (χ0) is 15.4. The fourth-order valence-corrected chi connectivity index (χ4v) is 2.65. The first-order valence-corrected chi connectivity index (χ1v) is 7.61. The number of carbonyl (C=O) groups is 1. The number of rotatable bonds is 5. The summed E-state index contributed by atoms with van der Waals surface area (Å²) in [6, 6.07) is 7.22. The summed E-state index contributed by atoms with van der Waals surface area (Å²) in [5, 5.41) is 3.48. The monoisotopic (exact) mass is 370 g/mol. The van der Waals surface area contributed by atoms with Gasteiger partial charge in [0.05, 0.1) is 12.3 Å². The van der Waals surface area contributed by atoms with Crippen molar-refractivity contribution in [2.75, 3.05) is 19.0 Å². The van der Waals surface area contributed by atoms with Gasteiger partial charge in [-0.3, -0.25) is 4.79 Å². The summed E-state index contributed by atoms with van der Waals surface area (Å²) in [5.41, 5.74) is 2.18. The Bertz CT molecular complexity index is 655. The minimum atomic E-state index is -0.184. The Balaban J connectivity index is 2.19. The van der Waals surface area contributed by atoms with E-state index in [1.807, 2.05) is 29.8 Å². The molecule has 0 atom stereocenters. The highest BCUT2D eigenvalue weighted by molar-refractivity contribution is 9.10. The molecular weight excluding hydrogens is 356 g/mol. The van der Waals surface area contributed by atoms with Gasteiger partial charge < -0.3 is 14.6 Å². The molecule has 1 aromatic heterocycles. The van der Waals surface area contributed by atoms with Crippen LogP contribution < -0.4 is 5.32 Å². The lowest BCUT2D eigenvalue weighted by molar-refractivity contribution is 0.101. The van der Waals surface area contributed by atoms with E-state index in [1.165, 1.54) is 0 Å². The lowest BCUT2D eigenvalue weighted by atomic mass is 10.2. The highest BCUT2D eigenvalue weighted by Gasteiger charge is 2.13. The quantitative estimate of drug-likeness (QED) is 0.859. The van der Waals surface area contributed by atoms with E-state index in [0.717, 1.165) is 10.0 Å². The number of amides is 1. The molecule has 112 valence electrons. The van der Waals surface area contributed by atoms with Gasteiger partial charge in [0.1, 0.15) is 5.69 Å². The Kier molecular flexibility index (Phi) is 5.45. The Labute approximate surface area is 137 Å². The van der Waals surface area contributed by atoms with Gasteiger partial charge in [-0.2, -0.15) is 0 Å². The number of nitrogens with zero attached hydrogens (tertiary/aromatic N) is 1. The van der Waals surface area contributed by atoms with Crippen LogP contribution in [0.4, 0.5) is 5.69 Å². The molecule has 0 fully saturated rings. The molecule has 0 aliphatic heterocycles. The average Bonchev–Trinajstić information content (AvgIpc) is 2.91. The molecular formula is C15H16BrClN2O2. The number of carbonyl (C=O) groups excluding carboxylic acids is 1. The molecule has 0 radical (unpaired) electrons. The number of aryl methyl sites for hydroxylation is 1. The van der Waals surface area contributed by atoms with Crippen LogP contribution in [-0.2, 0) is 11.3 Å². The molecule has 0 unspecified atom stereocenters. The van der Waals surface area contributed by atoms with E-state index in [2.05, 4.69) is 21.2 Å². The maximum Gasteiger partial charge on any atom is 0.272 e. The number of benzene rings is 1. The predicted octanol–water partition coefficient (Wildman–Crippen LogP) is 4.11. The van der Waals surface area contributed by atoms with Gasteiger partial charge in [-0.25, -0.2) is 0 Å². The van der Waals surface area contributed by atoms with Gasteiger partial charge in [-0.05, 0) is 52.7 Å². The Morgan fingerprint density at radius 1 is 1.48 bits per heavy atom. The molecule has 2 aromatic rings. The van der Waals surface area contributed by atoms with E-state index >= 15 is 0 Å². The smallest absolute Gasteiger partial charge is 0.272 e.